The zero-order valence-electron chi connectivity index (χ0n) is 21.3. The van der Waals surface area contributed by atoms with Crippen molar-refractivity contribution in [3.63, 3.8) is 0 Å². The molecule has 0 bridgehead atoms. The predicted octanol–water partition coefficient (Wildman–Crippen LogP) is 5.26. The number of benzene rings is 2. The minimum atomic E-state index is -3.74. The normalized spacial score (nSPS) is 16.8. The highest BCUT2D eigenvalue weighted by Gasteiger charge is 2.37. The van der Waals surface area contributed by atoms with E-state index < -0.39 is 15.3 Å². The zero-order chi connectivity index (χ0) is 26.2. The van der Waals surface area contributed by atoms with Crippen molar-refractivity contribution in [2.75, 3.05) is 25.0 Å². The van der Waals surface area contributed by atoms with Crippen molar-refractivity contribution >= 4 is 38.3 Å². The molecule has 2 N–H and O–H groups in total. The van der Waals surface area contributed by atoms with Crippen LogP contribution in [0.5, 0.6) is 0 Å². The van der Waals surface area contributed by atoms with Gasteiger partial charge < -0.3 is 15.5 Å². The van der Waals surface area contributed by atoms with Crippen molar-refractivity contribution in [2.24, 2.45) is 0 Å². The summed E-state index contributed by atoms with van der Waals surface area (Å²) in [6.45, 7) is 5.23. The molecule has 0 spiro atoms. The van der Waals surface area contributed by atoms with E-state index in [1.54, 1.807) is 30.0 Å². The first-order chi connectivity index (χ1) is 17.8. The summed E-state index contributed by atoms with van der Waals surface area (Å²) in [5, 5.41) is 11.1. The number of rotatable bonds is 8. The van der Waals surface area contributed by atoms with Crippen molar-refractivity contribution < 1.29 is 17.6 Å². The summed E-state index contributed by atoms with van der Waals surface area (Å²) in [7, 11) is -3.74. The van der Waals surface area contributed by atoms with Gasteiger partial charge in [0.1, 0.15) is 5.82 Å². The lowest BCUT2D eigenvalue weighted by Crippen LogP contribution is -2.47. The SMILES string of the molecule is CCCCNC(=O)N1CCC(S(=O)(=O)n2nc(C3CC3)c3cc(Nc4ccc(F)c(C)c4)ccc32)CC1. The number of halogens is 1. The van der Waals surface area contributed by atoms with Crippen molar-refractivity contribution in [1.82, 2.24) is 19.4 Å². The van der Waals surface area contributed by atoms with Gasteiger partial charge in [-0.1, -0.05) is 13.3 Å². The highest BCUT2D eigenvalue weighted by Crippen LogP contribution is 2.43. The number of hydrogen-bond acceptors (Lipinski definition) is 5. The second-order valence-corrected chi connectivity index (χ2v) is 12.2. The first kappa shape index (κ1) is 25.5. The molecule has 2 fully saturated rings. The second kappa shape index (κ2) is 10.3. The van der Waals surface area contributed by atoms with Gasteiger partial charge in [-0.05, 0) is 81.0 Å². The number of carbonyl (C=O) groups excluding carboxylic acids is 1. The lowest BCUT2D eigenvalue weighted by Gasteiger charge is -2.31. The molecule has 2 aromatic carbocycles. The smallest absolute Gasteiger partial charge is 0.317 e. The summed E-state index contributed by atoms with van der Waals surface area (Å²) in [5.41, 5.74) is 3.48. The van der Waals surface area contributed by atoms with E-state index in [0.29, 0.717) is 43.6 Å². The molecule has 0 atom stereocenters. The Balaban J connectivity index is 1.37. The van der Waals surface area contributed by atoms with Crippen LogP contribution >= 0.6 is 0 Å². The van der Waals surface area contributed by atoms with E-state index in [9.17, 15) is 17.6 Å². The summed E-state index contributed by atoms with van der Waals surface area (Å²) < 4.78 is 42.3. The maximum Gasteiger partial charge on any atom is 0.317 e. The van der Waals surface area contributed by atoms with Crippen LogP contribution in [0.4, 0.5) is 20.6 Å². The molecule has 5 rings (SSSR count). The summed E-state index contributed by atoms with van der Waals surface area (Å²) in [6.07, 6.45) is 4.68. The fourth-order valence-electron chi connectivity index (χ4n) is 4.91. The van der Waals surface area contributed by atoms with Crippen molar-refractivity contribution in [3.8, 4) is 0 Å². The summed E-state index contributed by atoms with van der Waals surface area (Å²) >= 11 is 0. The van der Waals surface area contributed by atoms with Gasteiger partial charge in [-0.3, -0.25) is 0 Å². The number of amides is 2. The van der Waals surface area contributed by atoms with Gasteiger partial charge in [0.05, 0.1) is 16.5 Å². The van der Waals surface area contributed by atoms with E-state index in [2.05, 4.69) is 22.7 Å². The topological polar surface area (TPSA) is 96.3 Å². The number of aryl methyl sites for hydroxylation is 1. The van der Waals surface area contributed by atoms with Crippen LogP contribution in [0.3, 0.4) is 0 Å². The molecular formula is C27H34FN5O3S. The largest absolute Gasteiger partial charge is 0.355 e. The van der Waals surface area contributed by atoms with Gasteiger partial charge in [0, 0.05) is 42.3 Å². The Morgan fingerprint density at radius 3 is 2.46 bits per heavy atom. The zero-order valence-corrected chi connectivity index (χ0v) is 22.2. The number of aromatic nitrogens is 2. The van der Waals surface area contributed by atoms with E-state index in [1.165, 1.54) is 10.2 Å². The molecule has 1 saturated carbocycles. The maximum atomic E-state index is 13.7. The van der Waals surface area contributed by atoms with Gasteiger partial charge >= 0.3 is 6.03 Å². The van der Waals surface area contributed by atoms with Crippen LogP contribution < -0.4 is 10.6 Å². The molecule has 1 aliphatic carbocycles. The average Bonchev–Trinajstić information content (AvgIpc) is 3.66. The van der Waals surface area contributed by atoms with Gasteiger partial charge in [-0.2, -0.15) is 9.19 Å². The van der Waals surface area contributed by atoms with E-state index in [-0.39, 0.29) is 17.8 Å². The fraction of sp³-hybridized carbons (Fsp3) is 0.481. The number of likely N-dealkylation sites (tertiary alicyclic amines) is 1. The molecule has 2 aliphatic rings. The fourth-order valence-corrected chi connectivity index (χ4v) is 6.64. The Bertz CT molecular complexity index is 1410. The number of urea groups is 1. The number of unbranched alkanes of at least 4 members (excludes halogenated alkanes) is 1. The standard InChI is InChI=1S/C27H34FN5O3S/c1-3-4-13-29-27(34)32-14-11-22(12-15-32)37(35,36)33-25-10-8-21(17-23(25)26(31-33)19-5-6-19)30-20-7-9-24(28)18(2)16-20/h7-10,16-17,19,22,30H,3-6,11-15H2,1-2H3,(H,29,34). The van der Waals surface area contributed by atoms with Gasteiger partial charge in [-0.25, -0.2) is 17.6 Å². The Hall–Kier alpha value is -3.14. The molecule has 37 heavy (non-hydrogen) atoms. The van der Waals surface area contributed by atoms with E-state index in [4.69, 9.17) is 0 Å². The van der Waals surface area contributed by atoms with Crippen LogP contribution in [0.2, 0.25) is 0 Å². The second-order valence-electron chi connectivity index (χ2n) is 10.1. The van der Waals surface area contributed by atoms with Crippen LogP contribution in [0.25, 0.3) is 10.9 Å². The van der Waals surface area contributed by atoms with E-state index in [0.717, 1.165) is 48.1 Å². The van der Waals surface area contributed by atoms with Crippen molar-refractivity contribution in [1.29, 1.82) is 0 Å². The minimum absolute atomic E-state index is 0.124. The van der Waals surface area contributed by atoms with Crippen LogP contribution in [-0.4, -0.2) is 53.4 Å². The Morgan fingerprint density at radius 2 is 1.78 bits per heavy atom. The van der Waals surface area contributed by atoms with E-state index >= 15 is 0 Å². The number of piperidine rings is 1. The monoisotopic (exact) mass is 527 g/mol. The third kappa shape index (κ3) is 5.30. The van der Waals surface area contributed by atoms with Gasteiger partial charge in [0.15, 0.2) is 0 Å². The summed E-state index contributed by atoms with van der Waals surface area (Å²) in [4.78, 5) is 14.1. The molecule has 198 valence electrons. The Kier molecular flexibility index (Phi) is 7.11. The minimum Gasteiger partial charge on any atom is -0.355 e. The van der Waals surface area contributed by atoms with Gasteiger partial charge in [-0.15, -0.1) is 0 Å². The summed E-state index contributed by atoms with van der Waals surface area (Å²) in [6, 6.07) is 10.3. The molecule has 2 amide bonds. The molecule has 10 heteroatoms. The average molecular weight is 528 g/mol. The number of fused-ring (bicyclic) bond motifs is 1. The molecular weight excluding hydrogens is 493 g/mol. The van der Waals surface area contributed by atoms with Crippen LogP contribution in [0.1, 0.15) is 62.6 Å². The number of nitrogens with zero attached hydrogens (tertiary/aromatic N) is 3. The van der Waals surface area contributed by atoms with Crippen LogP contribution in [-0.2, 0) is 10.0 Å². The third-order valence-electron chi connectivity index (χ3n) is 7.29. The first-order valence-electron chi connectivity index (χ1n) is 13.1. The molecule has 8 nitrogen and oxygen atoms in total. The lowest BCUT2D eigenvalue weighted by atomic mass is 10.1. The van der Waals surface area contributed by atoms with Crippen LogP contribution in [0.15, 0.2) is 36.4 Å². The first-order valence-corrected chi connectivity index (χ1v) is 14.6. The van der Waals surface area contributed by atoms with E-state index in [1.807, 2.05) is 12.1 Å². The highest BCUT2D eigenvalue weighted by molar-refractivity contribution is 7.90. The predicted molar refractivity (Wildman–Crippen MR) is 143 cm³/mol. The summed E-state index contributed by atoms with van der Waals surface area (Å²) in [5.74, 6) is 0.00221. The van der Waals surface area contributed by atoms with Gasteiger partial charge in [0.2, 0.25) is 0 Å². The molecule has 2 heterocycles. The van der Waals surface area contributed by atoms with Gasteiger partial charge in [0.25, 0.3) is 10.0 Å². The molecule has 0 radical (unpaired) electrons. The Labute approximate surface area is 217 Å². The molecule has 3 aromatic rings. The molecule has 0 unspecified atom stereocenters. The number of anilines is 2. The van der Waals surface area contributed by atoms with Crippen molar-refractivity contribution in [3.05, 3.63) is 53.5 Å². The maximum absolute atomic E-state index is 13.7. The molecule has 1 saturated heterocycles. The molecule has 1 aromatic heterocycles. The van der Waals surface area contributed by atoms with Crippen LogP contribution in [0, 0.1) is 12.7 Å². The quantitative estimate of drug-likeness (QED) is 0.390. The molecule has 1 aliphatic heterocycles. The highest BCUT2D eigenvalue weighted by atomic mass is 32.2. The lowest BCUT2D eigenvalue weighted by molar-refractivity contribution is 0.186. The Morgan fingerprint density at radius 1 is 1.08 bits per heavy atom. The third-order valence-corrected chi connectivity index (χ3v) is 9.36. The number of hydrogen-bond donors (Lipinski definition) is 2. The number of carbonyl (C=O) groups is 1. The van der Waals surface area contributed by atoms with Crippen molar-refractivity contribution in [2.45, 2.75) is 63.5 Å². The number of nitrogens with one attached hydrogen (secondary N) is 2.